The molecule has 8 nitrogen and oxygen atoms in total. The molecule has 0 atom stereocenters. The Balaban J connectivity index is 2.02. The normalized spacial score (nSPS) is 14.8. The minimum atomic E-state index is -0.614. The number of amides is 1. The lowest BCUT2D eigenvalue weighted by Crippen LogP contribution is -2.32. The summed E-state index contributed by atoms with van der Waals surface area (Å²) in [6.07, 6.45) is 2.04. The zero-order valence-corrected chi connectivity index (χ0v) is 10.2. The largest absolute Gasteiger partial charge is 0.460 e. The second kappa shape index (κ2) is 5.56. The Kier molecular flexibility index (Phi) is 3.85. The lowest BCUT2D eigenvalue weighted by Gasteiger charge is -2.14. The minimum Gasteiger partial charge on any atom is -0.460 e. The summed E-state index contributed by atoms with van der Waals surface area (Å²) in [4.78, 5) is 25.2. The molecule has 0 aliphatic carbocycles. The van der Waals surface area contributed by atoms with Crippen LogP contribution in [0.25, 0.3) is 0 Å². The van der Waals surface area contributed by atoms with Crippen molar-refractivity contribution in [3.05, 3.63) is 5.82 Å². The Labute approximate surface area is 104 Å². The number of hydrogen-bond donors (Lipinski definition) is 0. The number of esters is 1. The fourth-order valence-electron chi connectivity index (χ4n) is 1.85. The van der Waals surface area contributed by atoms with E-state index in [0.29, 0.717) is 0 Å². The predicted molar refractivity (Wildman–Crippen MR) is 59.6 cm³/mol. The molecule has 1 aliphatic rings. The number of tetrazole rings is 1. The van der Waals surface area contributed by atoms with Crippen LogP contribution in [0.4, 0.5) is 0 Å². The van der Waals surface area contributed by atoms with E-state index in [2.05, 4.69) is 15.5 Å². The van der Waals surface area contributed by atoms with Crippen LogP contribution < -0.4 is 0 Å². The first-order valence-corrected chi connectivity index (χ1v) is 5.93. The first-order valence-electron chi connectivity index (χ1n) is 5.93. The van der Waals surface area contributed by atoms with Gasteiger partial charge < -0.3 is 9.64 Å². The molecule has 1 aromatic heterocycles. The molecule has 2 heterocycles. The number of likely N-dealkylation sites (tertiary alicyclic amines) is 1. The molecule has 98 valence electrons. The maximum atomic E-state index is 11.9. The molecule has 18 heavy (non-hydrogen) atoms. The molecule has 0 spiro atoms. The van der Waals surface area contributed by atoms with Crippen molar-refractivity contribution in [2.75, 3.05) is 19.7 Å². The van der Waals surface area contributed by atoms with Crippen molar-refractivity contribution >= 4 is 11.9 Å². The molecular formula is C10H15N5O3. The maximum absolute atomic E-state index is 11.9. The van der Waals surface area contributed by atoms with Crippen LogP contribution in [-0.2, 0) is 16.1 Å². The van der Waals surface area contributed by atoms with Crippen molar-refractivity contribution in [2.45, 2.75) is 26.3 Å². The van der Waals surface area contributed by atoms with E-state index in [1.807, 2.05) is 0 Å². The zero-order chi connectivity index (χ0) is 13.0. The molecule has 1 saturated heterocycles. The zero-order valence-electron chi connectivity index (χ0n) is 10.2. The third-order valence-electron chi connectivity index (χ3n) is 2.73. The second-order valence-electron chi connectivity index (χ2n) is 3.97. The average Bonchev–Trinajstić information content (AvgIpc) is 2.99. The number of carbonyl (C=O) groups is 2. The van der Waals surface area contributed by atoms with Crippen molar-refractivity contribution in [1.29, 1.82) is 0 Å². The smallest absolute Gasteiger partial charge is 0.378 e. The molecule has 0 aromatic carbocycles. The van der Waals surface area contributed by atoms with Gasteiger partial charge in [0.05, 0.1) is 6.61 Å². The van der Waals surface area contributed by atoms with E-state index < -0.39 is 5.97 Å². The van der Waals surface area contributed by atoms with Crippen molar-refractivity contribution in [2.24, 2.45) is 0 Å². The molecule has 8 heteroatoms. The lowest BCUT2D eigenvalue weighted by molar-refractivity contribution is -0.131. The van der Waals surface area contributed by atoms with Gasteiger partial charge in [0.25, 0.3) is 5.82 Å². The van der Waals surface area contributed by atoms with E-state index in [1.165, 1.54) is 4.68 Å². The molecule has 1 aromatic rings. The molecule has 1 amide bonds. The highest BCUT2D eigenvalue weighted by Crippen LogP contribution is 2.08. The number of aromatic nitrogens is 4. The number of hydrogen-bond acceptors (Lipinski definition) is 6. The number of rotatable bonds is 4. The molecule has 0 N–H and O–H groups in total. The molecule has 1 fully saturated rings. The monoisotopic (exact) mass is 253 g/mol. The predicted octanol–water partition coefficient (Wildman–Crippen LogP) is -0.528. The first kappa shape index (κ1) is 12.5. The van der Waals surface area contributed by atoms with Gasteiger partial charge in [0.2, 0.25) is 5.91 Å². The second-order valence-corrected chi connectivity index (χ2v) is 3.97. The quantitative estimate of drug-likeness (QED) is 0.670. The fraction of sp³-hybridized carbons (Fsp3) is 0.700. The molecule has 0 bridgehead atoms. The van der Waals surface area contributed by atoms with Crippen LogP contribution in [0.2, 0.25) is 0 Å². The number of carbonyl (C=O) groups excluding carboxylic acids is 2. The van der Waals surface area contributed by atoms with Gasteiger partial charge in [0, 0.05) is 13.1 Å². The van der Waals surface area contributed by atoms with Crippen LogP contribution in [0.15, 0.2) is 0 Å². The lowest BCUT2D eigenvalue weighted by atomic mass is 10.4. The maximum Gasteiger partial charge on any atom is 0.378 e. The highest BCUT2D eigenvalue weighted by Gasteiger charge is 2.22. The molecule has 0 radical (unpaired) electrons. The highest BCUT2D eigenvalue weighted by atomic mass is 16.5. The van der Waals surface area contributed by atoms with Crippen LogP contribution in [0, 0.1) is 0 Å². The van der Waals surface area contributed by atoms with E-state index in [4.69, 9.17) is 4.74 Å². The Bertz CT molecular complexity index is 438. The number of nitrogens with zero attached hydrogens (tertiary/aromatic N) is 5. The summed E-state index contributed by atoms with van der Waals surface area (Å²) in [7, 11) is 0. The van der Waals surface area contributed by atoms with Gasteiger partial charge in [0.1, 0.15) is 6.54 Å². The van der Waals surface area contributed by atoms with Gasteiger partial charge in [-0.25, -0.2) is 9.48 Å². The van der Waals surface area contributed by atoms with Gasteiger partial charge in [-0.15, -0.1) is 5.10 Å². The summed E-state index contributed by atoms with van der Waals surface area (Å²) in [6, 6.07) is 0. The Morgan fingerprint density at radius 3 is 2.72 bits per heavy atom. The van der Waals surface area contributed by atoms with Gasteiger partial charge in [-0.2, -0.15) is 0 Å². The summed E-state index contributed by atoms with van der Waals surface area (Å²) in [5.74, 6) is -0.730. The van der Waals surface area contributed by atoms with E-state index >= 15 is 0 Å². The van der Waals surface area contributed by atoms with Crippen LogP contribution in [0.1, 0.15) is 30.4 Å². The SMILES string of the molecule is CCOC(=O)c1nnnn1CC(=O)N1CCCC1. The fourth-order valence-corrected chi connectivity index (χ4v) is 1.85. The Morgan fingerprint density at radius 2 is 2.06 bits per heavy atom. The van der Waals surface area contributed by atoms with E-state index in [0.717, 1.165) is 25.9 Å². The highest BCUT2D eigenvalue weighted by molar-refractivity contribution is 5.86. The van der Waals surface area contributed by atoms with Crippen molar-refractivity contribution in [3.8, 4) is 0 Å². The molecule has 0 saturated carbocycles. The van der Waals surface area contributed by atoms with Gasteiger partial charge in [-0.05, 0) is 30.2 Å². The van der Waals surface area contributed by atoms with Crippen LogP contribution in [0.3, 0.4) is 0 Å². The van der Waals surface area contributed by atoms with E-state index in [9.17, 15) is 9.59 Å². The summed E-state index contributed by atoms with van der Waals surface area (Å²) in [5.41, 5.74) is 0. The standard InChI is InChI=1S/C10H15N5O3/c1-2-18-10(17)9-11-12-13-15(9)7-8(16)14-5-3-4-6-14/h2-7H2,1H3. The van der Waals surface area contributed by atoms with Crippen LogP contribution >= 0.6 is 0 Å². The summed E-state index contributed by atoms with van der Waals surface area (Å²) in [5, 5.41) is 10.6. The van der Waals surface area contributed by atoms with Gasteiger partial charge in [0.15, 0.2) is 0 Å². The first-order chi connectivity index (χ1) is 8.72. The van der Waals surface area contributed by atoms with Gasteiger partial charge >= 0.3 is 5.97 Å². The minimum absolute atomic E-state index is 0.0266. The topological polar surface area (TPSA) is 90.2 Å². The average molecular weight is 253 g/mol. The Hall–Kier alpha value is -1.99. The van der Waals surface area contributed by atoms with Gasteiger partial charge in [-0.1, -0.05) is 0 Å². The molecule has 1 aliphatic heterocycles. The molecule has 0 unspecified atom stereocenters. The summed E-state index contributed by atoms with van der Waals surface area (Å²) >= 11 is 0. The summed E-state index contributed by atoms with van der Waals surface area (Å²) < 4.78 is 5.99. The third-order valence-corrected chi connectivity index (χ3v) is 2.73. The molecule has 2 rings (SSSR count). The van der Waals surface area contributed by atoms with Crippen molar-refractivity contribution in [3.63, 3.8) is 0 Å². The van der Waals surface area contributed by atoms with Crippen LogP contribution in [0.5, 0.6) is 0 Å². The summed E-state index contributed by atoms with van der Waals surface area (Å²) in [6.45, 7) is 3.43. The number of ether oxygens (including phenoxy) is 1. The van der Waals surface area contributed by atoms with E-state index in [-0.39, 0.29) is 24.9 Å². The van der Waals surface area contributed by atoms with Gasteiger partial charge in [-0.3, -0.25) is 4.79 Å². The molecular weight excluding hydrogens is 238 g/mol. The van der Waals surface area contributed by atoms with Crippen molar-refractivity contribution in [1.82, 2.24) is 25.1 Å². The Morgan fingerprint density at radius 1 is 1.33 bits per heavy atom. The van der Waals surface area contributed by atoms with Crippen LogP contribution in [-0.4, -0.2) is 56.7 Å². The van der Waals surface area contributed by atoms with E-state index in [1.54, 1.807) is 11.8 Å². The van der Waals surface area contributed by atoms with Crippen molar-refractivity contribution < 1.29 is 14.3 Å². The third kappa shape index (κ3) is 2.63.